The fourth-order valence-electron chi connectivity index (χ4n) is 6.44. The molecule has 5 aromatic rings. The number of benzene rings is 5. The van der Waals surface area contributed by atoms with E-state index in [0.29, 0.717) is 31.2 Å². The van der Waals surface area contributed by atoms with Gasteiger partial charge < -0.3 is 9.80 Å². The lowest BCUT2D eigenvalue weighted by Gasteiger charge is -2.28. The Kier molecular flexibility index (Phi) is 11.4. The summed E-state index contributed by atoms with van der Waals surface area (Å²) < 4.78 is 66.0. The van der Waals surface area contributed by atoms with E-state index in [1.54, 1.807) is 12.1 Å². The van der Waals surface area contributed by atoms with Crippen LogP contribution in [-0.4, -0.2) is 39.0 Å². The minimum absolute atomic E-state index is 0.101. The summed E-state index contributed by atoms with van der Waals surface area (Å²) in [4.78, 5) is 4.09. The number of hydrogen-bond acceptors (Lipinski definition) is 6. The third-order valence-electron chi connectivity index (χ3n) is 8.90. The zero-order valence-corrected chi connectivity index (χ0v) is 30.8. The van der Waals surface area contributed by atoms with Crippen molar-refractivity contribution >= 4 is 43.2 Å². The van der Waals surface area contributed by atoms with Crippen LogP contribution < -0.4 is 9.80 Å². The van der Waals surface area contributed by atoms with Gasteiger partial charge in [0.1, 0.15) is 0 Å². The van der Waals surface area contributed by atoms with Crippen LogP contribution in [0.25, 0.3) is 0 Å². The second-order valence-electron chi connectivity index (χ2n) is 12.3. The van der Waals surface area contributed by atoms with Gasteiger partial charge in [0.15, 0.2) is 0 Å². The van der Waals surface area contributed by atoms with Crippen LogP contribution in [0.15, 0.2) is 119 Å². The Labute approximate surface area is 300 Å². The highest BCUT2D eigenvalue weighted by Gasteiger charge is 2.21. The predicted molar refractivity (Wildman–Crippen MR) is 201 cm³/mol. The molecule has 0 aromatic heterocycles. The zero-order chi connectivity index (χ0) is 36.2. The number of aryl methyl sites for hydroxylation is 2. The Balaban J connectivity index is 1.48. The molecule has 0 aliphatic heterocycles. The van der Waals surface area contributed by atoms with Crippen molar-refractivity contribution in [3.8, 4) is 0 Å². The average Bonchev–Trinajstić information content (AvgIpc) is 3.07. The molecule has 0 fully saturated rings. The largest absolute Gasteiger partial charge is 0.367 e. The lowest BCUT2D eigenvalue weighted by atomic mass is 9.83. The van der Waals surface area contributed by atoms with Gasteiger partial charge in [0, 0.05) is 48.5 Å². The fourth-order valence-corrected chi connectivity index (χ4v) is 7.67. The Morgan fingerprint density at radius 3 is 1.34 bits per heavy atom. The maximum absolute atomic E-state index is 11.7. The van der Waals surface area contributed by atoms with Crippen molar-refractivity contribution in [3.63, 3.8) is 0 Å². The number of rotatable bonds is 13. The summed E-state index contributed by atoms with van der Waals surface area (Å²) in [6, 6.07) is 33.4. The molecule has 5 rings (SSSR count). The molecule has 0 atom stereocenters. The molecular formula is C39H41ClN2O6S2. The molecule has 0 unspecified atom stereocenters. The van der Waals surface area contributed by atoms with Gasteiger partial charge in [0.2, 0.25) is 0 Å². The average molecular weight is 733 g/mol. The molecule has 0 aliphatic rings. The van der Waals surface area contributed by atoms with Crippen molar-refractivity contribution in [2.45, 2.75) is 56.5 Å². The topological polar surface area (TPSA) is 115 Å². The normalized spacial score (nSPS) is 11.9. The first-order valence-electron chi connectivity index (χ1n) is 16.3. The lowest BCUT2D eigenvalue weighted by Crippen LogP contribution is -2.23. The van der Waals surface area contributed by atoms with Crippen LogP contribution in [0, 0.1) is 13.8 Å². The van der Waals surface area contributed by atoms with E-state index in [-0.39, 0.29) is 15.7 Å². The van der Waals surface area contributed by atoms with Gasteiger partial charge in [0.05, 0.1) is 9.79 Å². The standard InChI is InChI=1S/C39H41ClN2O6S2/c1-5-41(25-29-9-7-11-35(23-29)49(43,44)45)37-19-15-32(21-27(37)3)39(31-13-17-34(40)18-14-31)33-16-20-38(28(4)22-33)42(6-2)26-30-10-8-12-36(24-30)50(46,47)48/h7-24,39H,5-6,25-26H2,1-4H3,(H,43,44,45)(H,46,47,48). The molecule has 8 nitrogen and oxygen atoms in total. The molecule has 0 saturated carbocycles. The van der Waals surface area contributed by atoms with Crippen LogP contribution in [0.3, 0.4) is 0 Å². The van der Waals surface area contributed by atoms with E-state index in [2.05, 4.69) is 60.0 Å². The summed E-state index contributed by atoms with van der Waals surface area (Å²) in [5.74, 6) is -0.101. The SMILES string of the molecule is CCN(Cc1cccc(S(=O)(=O)O)c1)c1ccc(C(c2ccc(Cl)cc2)c2ccc(N(CC)Cc3cccc(S(=O)(=O)O)c3)c(C)c2)cc1C. The van der Waals surface area contributed by atoms with Crippen molar-refractivity contribution < 1.29 is 25.9 Å². The molecule has 5 aromatic carbocycles. The highest BCUT2D eigenvalue weighted by molar-refractivity contribution is 7.86. The smallest absolute Gasteiger partial charge is 0.294 e. The van der Waals surface area contributed by atoms with Crippen molar-refractivity contribution in [1.29, 1.82) is 0 Å². The molecule has 0 amide bonds. The van der Waals surface area contributed by atoms with Crippen molar-refractivity contribution in [2.75, 3.05) is 22.9 Å². The first kappa shape index (κ1) is 37.1. The minimum atomic E-state index is -4.30. The van der Waals surface area contributed by atoms with E-state index in [1.807, 2.05) is 50.2 Å². The third-order valence-corrected chi connectivity index (χ3v) is 10.8. The molecule has 0 spiro atoms. The van der Waals surface area contributed by atoms with Gasteiger partial charge in [-0.1, -0.05) is 72.3 Å². The van der Waals surface area contributed by atoms with Crippen molar-refractivity contribution in [1.82, 2.24) is 0 Å². The maximum atomic E-state index is 11.7. The quantitative estimate of drug-likeness (QED) is 0.0913. The highest BCUT2D eigenvalue weighted by Crippen LogP contribution is 2.37. The van der Waals surface area contributed by atoms with Gasteiger partial charge in [-0.2, -0.15) is 16.8 Å². The van der Waals surface area contributed by atoms with Crippen LogP contribution in [0.4, 0.5) is 11.4 Å². The van der Waals surface area contributed by atoms with E-state index in [1.165, 1.54) is 24.3 Å². The Morgan fingerprint density at radius 1 is 0.580 bits per heavy atom. The van der Waals surface area contributed by atoms with Crippen molar-refractivity contribution in [3.05, 3.63) is 153 Å². The molecule has 0 heterocycles. The van der Waals surface area contributed by atoms with Crippen molar-refractivity contribution in [2.24, 2.45) is 0 Å². The number of anilines is 2. The summed E-state index contributed by atoms with van der Waals surface area (Å²) in [5, 5.41) is 0.652. The third kappa shape index (κ3) is 8.75. The molecular weight excluding hydrogens is 692 g/mol. The Bertz CT molecular complexity index is 2070. The zero-order valence-electron chi connectivity index (χ0n) is 28.4. The van der Waals surface area contributed by atoms with Gasteiger partial charge >= 0.3 is 0 Å². The van der Waals surface area contributed by atoms with Gasteiger partial charge in [-0.3, -0.25) is 9.11 Å². The summed E-state index contributed by atoms with van der Waals surface area (Å²) in [6.45, 7) is 10.5. The van der Waals surface area contributed by atoms with Gasteiger partial charge in [-0.15, -0.1) is 0 Å². The van der Waals surface area contributed by atoms with Gasteiger partial charge in [0.25, 0.3) is 20.2 Å². The van der Waals surface area contributed by atoms with Crippen LogP contribution in [-0.2, 0) is 33.3 Å². The molecule has 0 saturated heterocycles. The predicted octanol–water partition coefficient (Wildman–Crippen LogP) is 8.68. The summed E-state index contributed by atoms with van der Waals surface area (Å²) >= 11 is 6.30. The second-order valence-corrected chi connectivity index (χ2v) is 15.6. The monoisotopic (exact) mass is 732 g/mol. The van der Waals surface area contributed by atoms with Crippen LogP contribution in [0.1, 0.15) is 58.7 Å². The molecule has 2 N–H and O–H groups in total. The van der Waals surface area contributed by atoms with Crippen LogP contribution in [0.5, 0.6) is 0 Å². The first-order chi connectivity index (χ1) is 23.7. The lowest BCUT2D eigenvalue weighted by molar-refractivity contribution is 0.481. The molecule has 11 heteroatoms. The molecule has 0 aliphatic carbocycles. The highest BCUT2D eigenvalue weighted by atomic mass is 35.5. The van der Waals surface area contributed by atoms with Crippen LogP contribution >= 0.6 is 11.6 Å². The summed E-state index contributed by atoms with van der Waals surface area (Å²) in [6.07, 6.45) is 0. The summed E-state index contributed by atoms with van der Waals surface area (Å²) in [7, 11) is -8.60. The Hall–Kier alpha value is -4.19. The minimum Gasteiger partial charge on any atom is -0.367 e. The first-order valence-corrected chi connectivity index (χ1v) is 19.5. The number of halogens is 1. The van der Waals surface area contributed by atoms with Gasteiger partial charge in [-0.25, -0.2) is 0 Å². The van der Waals surface area contributed by atoms with E-state index >= 15 is 0 Å². The van der Waals surface area contributed by atoms with E-state index in [4.69, 9.17) is 11.6 Å². The molecule has 0 bridgehead atoms. The van der Waals surface area contributed by atoms with Gasteiger partial charge in [-0.05, 0) is 115 Å². The van der Waals surface area contributed by atoms with Crippen LogP contribution in [0.2, 0.25) is 5.02 Å². The molecule has 0 radical (unpaired) electrons. The number of hydrogen-bond donors (Lipinski definition) is 2. The fraction of sp³-hybridized carbons (Fsp3) is 0.231. The van der Waals surface area contributed by atoms with E-state index < -0.39 is 20.2 Å². The molecule has 50 heavy (non-hydrogen) atoms. The van der Waals surface area contributed by atoms with E-state index in [0.717, 1.165) is 50.3 Å². The summed E-state index contributed by atoms with van der Waals surface area (Å²) in [5.41, 5.74) is 8.98. The molecule has 262 valence electrons. The van der Waals surface area contributed by atoms with E-state index in [9.17, 15) is 25.9 Å². The second kappa shape index (κ2) is 15.4. The number of nitrogens with zero attached hydrogens (tertiary/aromatic N) is 2. The Morgan fingerprint density at radius 2 is 0.980 bits per heavy atom. The maximum Gasteiger partial charge on any atom is 0.294 e.